The quantitative estimate of drug-likeness (QED) is 0.693. The third-order valence-electron chi connectivity index (χ3n) is 3.64. The van der Waals surface area contributed by atoms with Crippen LogP contribution in [0.15, 0.2) is 35.7 Å². The lowest BCUT2D eigenvalue weighted by molar-refractivity contribution is -0.138. The zero-order valence-electron chi connectivity index (χ0n) is 13.5. The average molecular weight is 334 g/mol. The Balaban J connectivity index is 2.24. The van der Waals surface area contributed by atoms with Crippen molar-refractivity contribution in [3.05, 3.63) is 46.2 Å². The number of carboxylic acids is 1. The highest BCUT2D eigenvalue weighted by Crippen LogP contribution is 2.32. The number of ether oxygens (including phenoxy) is 2. The first-order valence-corrected chi connectivity index (χ1v) is 8.59. The van der Waals surface area contributed by atoms with Crippen LogP contribution in [0, 0.1) is 0 Å². The van der Waals surface area contributed by atoms with Gasteiger partial charge in [0, 0.05) is 10.9 Å². The van der Waals surface area contributed by atoms with E-state index in [1.807, 2.05) is 35.7 Å². The first-order valence-electron chi connectivity index (χ1n) is 7.71. The number of aliphatic carboxylic acids is 1. The van der Waals surface area contributed by atoms with Crippen molar-refractivity contribution in [3.8, 4) is 11.5 Å². The number of unbranched alkanes of at least 4 members (excludes halogenated alkanes) is 1. The molecule has 1 atom stereocenters. The molecule has 0 aliphatic carbocycles. The molecule has 0 spiro atoms. The van der Waals surface area contributed by atoms with Crippen molar-refractivity contribution in [1.82, 2.24) is 0 Å². The molecule has 1 heterocycles. The number of hydrogen-bond acceptors (Lipinski definition) is 4. The molecule has 0 saturated heterocycles. The molecule has 2 aromatic rings. The highest BCUT2D eigenvalue weighted by Gasteiger charge is 2.23. The molecular weight excluding hydrogens is 312 g/mol. The summed E-state index contributed by atoms with van der Waals surface area (Å²) >= 11 is 1.47. The van der Waals surface area contributed by atoms with E-state index in [-0.39, 0.29) is 0 Å². The fourth-order valence-corrected chi connectivity index (χ4v) is 3.13. The number of carboxylic acid groups (broad SMARTS) is 1. The first kappa shape index (κ1) is 17.3. The van der Waals surface area contributed by atoms with E-state index >= 15 is 0 Å². The minimum Gasteiger partial charge on any atom is -0.497 e. The number of thiophene rings is 1. The molecular formula is C18H22O4S. The van der Waals surface area contributed by atoms with E-state index in [1.165, 1.54) is 11.3 Å². The Labute approximate surface area is 140 Å². The molecule has 1 unspecified atom stereocenters. The number of rotatable bonds is 9. The van der Waals surface area contributed by atoms with E-state index in [4.69, 9.17) is 9.47 Å². The summed E-state index contributed by atoms with van der Waals surface area (Å²) in [5.41, 5.74) is 0.891. The summed E-state index contributed by atoms with van der Waals surface area (Å²) in [4.78, 5) is 12.5. The molecule has 5 heteroatoms. The van der Waals surface area contributed by atoms with Gasteiger partial charge in [0.1, 0.15) is 11.5 Å². The summed E-state index contributed by atoms with van der Waals surface area (Å²) in [5.74, 6) is 0.0450. The van der Waals surface area contributed by atoms with Crippen LogP contribution in [0.3, 0.4) is 0 Å². The van der Waals surface area contributed by atoms with Gasteiger partial charge in [-0.1, -0.05) is 25.5 Å². The fourth-order valence-electron chi connectivity index (χ4n) is 2.31. The Bertz CT molecular complexity index is 622. The molecule has 0 amide bonds. The maximum atomic E-state index is 11.6. The van der Waals surface area contributed by atoms with Gasteiger partial charge in [0.05, 0.1) is 19.6 Å². The van der Waals surface area contributed by atoms with Crippen molar-refractivity contribution in [2.45, 2.75) is 32.1 Å². The van der Waals surface area contributed by atoms with E-state index < -0.39 is 11.9 Å². The standard InChI is InChI=1S/C18H22O4S/c1-3-4-9-22-16-12-14(21-2)8-7-13(16)11-15(18(19)20)17-6-5-10-23-17/h5-8,10,12,15H,3-4,9,11H2,1-2H3,(H,19,20). The van der Waals surface area contributed by atoms with Gasteiger partial charge in [0.25, 0.3) is 0 Å². The highest BCUT2D eigenvalue weighted by atomic mass is 32.1. The Hall–Kier alpha value is -2.01. The molecule has 4 nitrogen and oxygen atoms in total. The van der Waals surface area contributed by atoms with Gasteiger partial charge in [-0.3, -0.25) is 4.79 Å². The predicted molar refractivity (Wildman–Crippen MR) is 91.8 cm³/mol. The van der Waals surface area contributed by atoms with Gasteiger partial charge in [-0.15, -0.1) is 11.3 Å². The fraction of sp³-hybridized carbons (Fsp3) is 0.389. The summed E-state index contributed by atoms with van der Waals surface area (Å²) in [6, 6.07) is 9.31. The molecule has 2 rings (SSSR count). The minimum atomic E-state index is -0.817. The van der Waals surface area contributed by atoms with Gasteiger partial charge >= 0.3 is 5.97 Å². The van der Waals surface area contributed by atoms with Crippen LogP contribution in [0.5, 0.6) is 11.5 Å². The van der Waals surface area contributed by atoms with E-state index in [0.29, 0.717) is 24.5 Å². The van der Waals surface area contributed by atoms with Gasteiger partial charge in [0.15, 0.2) is 0 Å². The van der Waals surface area contributed by atoms with Gasteiger partial charge in [-0.25, -0.2) is 0 Å². The SMILES string of the molecule is CCCCOc1cc(OC)ccc1CC(C(=O)O)c1cccs1. The molecule has 0 bridgehead atoms. The average Bonchev–Trinajstić information content (AvgIpc) is 3.07. The van der Waals surface area contributed by atoms with Crippen LogP contribution in [-0.2, 0) is 11.2 Å². The maximum absolute atomic E-state index is 11.6. The molecule has 0 radical (unpaired) electrons. The summed E-state index contributed by atoms with van der Waals surface area (Å²) < 4.78 is 11.1. The van der Waals surface area contributed by atoms with Crippen LogP contribution < -0.4 is 9.47 Å². The van der Waals surface area contributed by atoms with Crippen molar-refractivity contribution < 1.29 is 19.4 Å². The second-order valence-corrected chi connectivity index (χ2v) is 6.27. The van der Waals surface area contributed by atoms with Crippen LogP contribution in [0.25, 0.3) is 0 Å². The van der Waals surface area contributed by atoms with Crippen LogP contribution in [-0.4, -0.2) is 24.8 Å². The normalized spacial score (nSPS) is 11.9. The lowest BCUT2D eigenvalue weighted by atomic mass is 9.97. The van der Waals surface area contributed by atoms with Crippen molar-refractivity contribution >= 4 is 17.3 Å². The Morgan fingerprint density at radius 1 is 1.35 bits per heavy atom. The molecule has 1 aromatic carbocycles. The van der Waals surface area contributed by atoms with Crippen molar-refractivity contribution in [2.75, 3.05) is 13.7 Å². The molecule has 0 fully saturated rings. The second kappa shape index (κ2) is 8.58. The number of carbonyl (C=O) groups is 1. The third kappa shape index (κ3) is 4.73. The Morgan fingerprint density at radius 2 is 2.17 bits per heavy atom. The van der Waals surface area contributed by atoms with E-state index in [2.05, 4.69) is 6.92 Å². The smallest absolute Gasteiger partial charge is 0.312 e. The summed E-state index contributed by atoms with van der Waals surface area (Å²) in [7, 11) is 1.61. The first-order chi connectivity index (χ1) is 11.2. The van der Waals surface area contributed by atoms with Crippen molar-refractivity contribution in [2.24, 2.45) is 0 Å². The maximum Gasteiger partial charge on any atom is 0.312 e. The van der Waals surface area contributed by atoms with E-state index in [1.54, 1.807) is 7.11 Å². The highest BCUT2D eigenvalue weighted by molar-refractivity contribution is 7.10. The van der Waals surface area contributed by atoms with Gasteiger partial charge < -0.3 is 14.6 Å². The molecule has 23 heavy (non-hydrogen) atoms. The van der Waals surface area contributed by atoms with Gasteiger partial charge in [-0.05, 0) is 35.9 Å². The van der Waals surface area contributed by atoms with Crippen LogP contribution in [0.4, 0.5) is 0 Å². The number of methoxy groups -OCH3 is 1. The van der Waals surface area contributed by atoms with Crippen LogP contribution in [0.1, 0.15) is 36.1 Å². The monoisotopic (exact) mass is 334 g/mol. The molecule has 0 aliphatic rings. The Morgan fingerprint density at radius 3 is 2.78 bits per heavy atom. The summed E-state index contributed by atoms with van der Waals surface area (Å²) in [5, 5.41) is 11.5. The predicted octanol–water partition coefficient (Wildman–Crippen LogP) is 4.35. The molecule has 124 valence electrons. The van der Waals surface area contributed by atoms with Crippen molar-refractivity contribution in [1.29, 1.82) is 0 Å². The molecule has 1 N–H and O–H groups in total. The summed E-state index contributed by atoms with van der Waals surface area (Å²) in [6.07, 6.45) is 2.41. The Kier molecular flexibility index (Phi) is 6.47. The molecule has 0 saturated carbocycles. The van der Waals surface area contributed by atoms with Crippen LogP contribution >= 0.6 is 11.3 Å². The second-order valence-electron chi connectivity index (χ2n) is 5.29. The van der Waals surface area contributed by atoms with Crippen molar-refractivity contribution in [3.63, 3.8) is 0 Å². The summed E-state index contributed by atoms with van der Waals surface area (Å²) in [6.45, 7) is 2.72. The van der Waals surface area contributed by atoms with E-state index in [9.17, 15) is 9.90 Å². The topological polar surface area (TPSA) is 55.8 Å². The van der Waals surface area contributed by atoms with Gasteiger partial charge in [-0.2, -0.15) is 0 Å². The molecule has 0 aliphatic heterocycles. The number of hydrogen-bond donors (Lipinski definition) is 1. The largest absolute Gasteiger partial charge is 0.497 e. The van der Waals surface area contributed by atoms with E-state index in [0.717, 1.165) is 23.3 Å². The molecule has 1 aromatic heterocycles. The third-order valence-corrected chi connectivity index (χ3v) is 4.62. The lowest BCUT2D eigenvalue weighted by Crippen LogP contribution is -2.14. The lowest BCUT2D eigenvalue weighted by Gasteiger charge is -2.16. The zero-order valence-corrected chi connectivity index (χ0v) is 14.3. The van der Waals surface area contributed by atoms with Crippen LogP contribution in [0.2, 0.25) is 0 Å². The zero-order chi connectivity index (χ0) is 16.7. The minimum absolute atomic E-state index is 0.404. The number of benzene rings is 1. The van der Waals surface area contributed by atoms with Gasteiger partial charge in [0.2, 0.25) is 0 Å².